The number of halogens is 1. The lowest BCUT2D eigenvalue weighted by Crippen LogP contribution is -2.22. The van der Waals surface area contributed by atoms with Crippen molar-refractivity contribution in [2.75, 3.05) is 0 Å². The van der Waals surface area contributed by atoms with Crippen molar-refractivity contribution < 1.29 is 0 Å². The van der Waals surface area contributed by atoms with Crippen LogP contribution in [0.4, 0.5) is 0 Å². The first kappa shape index (κ1) is 16.3. The van der Waals surface area contributed by atoms with Gasteiger partial charge in [-0.2, -0.15) is 0 Å². The van der Waals surface area contributed by atoms with Crippen LogP contribution in [0.3, 0.4) is 0 Å². The number of benzene rings is 3. The summed E-state index contributed by atoms with van der Waals surface area (Å²) < 4.78 is 1.63. The molecule has 3 nitrogen and oxygen atoms in total. The van der Waals surface area contributed by atoms with E-state index in [1.54, 1.807) is 10.6 Å². The average molecular weight is 359 g/mol. The van der Waals surface area contributed by atoms with Gasteiger partial charge in [-0.15, -0.1) is 0 Å². The van der Waals surface area contributed by atoms with Crippen LogP contribution in [0.1, 0.15) is 11.4 Å². The van der Waals surface area contributed by atoms with E-state index in [1.807, 2.05) is 84.9 Å². The third-order valence-corrected chi connectivity index (χ3v) is 4.36. The van der Waals surface area contributed by atoms with E-state index in [2.05, 4.69) is 0 Å². The molecule has 1 heterocycles. The predicted octanol–water partition coefficient (Wildman–Crippen LogP) is 5.21. The van der Waals surface area contributed by atoms with Crippen LogP contribution < -0.4 is 5.56 Å². The Labute approximate surface area is 155 Å². The van der Waals surface area contributed by atoms with Crippen molar-refractivity contribution in [3.05, 3.63) is 106 Å². The van der Waals surface area contributed by atoms with Crippen molar-refractivity contribution >= 4 is 34.7 Å². The molecule has 0 radical (unpaired) electrons. The monoisotopic (exact) mass is 358 g/mol. The third-order valence-electron chi connectivity index (χ3n) is 4.11. The molecule has 0 aliphatic heterocycles. The minimum Gasteiger partial charge on any atom is -0.268 e. The Bertz CT molecular complexity index is 1150. The van der Waals surface area contributed by atoms with Crippen molar-refractivity contribution in [3.63, 3.8) is 0 Å². The van der Waals surface area contributed by atoms with Crippen LogP contribution in [0.15, 0.2) is 83.7 Å². The summed E-state index contributed by atoms with van der Waals surface area (Å²) in [5, 5.41) is 1.28. The van der Waals surface area contributed by atoms with Gasteiger partial charge >= 0.3 is 0 Å². The molecule has 3 aromatic carbocycles. The maximum Gasteiger partial charge on any atom is 0.266 e. The second-order valence-corrected chi connectivity index (χ2v) is 6.28. The first-order valence-corrected chi connectivity index (χ1v) is 8.61. The number of para-hydroxylation sites is 2. The molecule has 26 heavy (non-hydrogen) atoms. The number of nitrogens with zero attached hydrogens (tertiary/aromatic N) is 2. The summed E-state index contributed by atoms with van der Waals surface area (Å²) in [5.41, 5.74) is 2.36. The lowest BCUT2D eigenvalue weighted by molar-refractivity contribution is 0.944. The Morgan fingerprint density at radius 3 is 2.27 bits per heavy atom. The molecular weight excluding hydrogens is 344 g/mol. The van der Waals surface area contributed by atoms with Gasteiger partial charge in [0.05, 0.1) is 16.6 Å². The van der Waals surface area contributed by atoms with Crippen LogP contribution in [0, 0.1) is 0 Å². The molecule has 4 aromatic rings. The van der Waals surface area contributed by atoms with Gasteiger partial charge in [-0.3, -0.25) is 9.36 Å². The molecule has 1 aromatic heterocycles. The summed E-state index contributed by atoms with van der Waals surface area (Å²) in [5.74, 6) is 0.579. The Kier molecular flexibility index (Phi) is 4.38. The minimum absolute atomic E-state index is 0.0856. The van der Waals surface area contributed by atoms with Crippen LogP contribution in [0.2, 0.25) is 5.02 Å². The van der Waals surface area contributed by atoms with Crippen molar-refractivity contribution in [2.45, 2.75) is 0 Å². The first-order chi connectivity index (χ1) is 12.7. The quantitative estimate of drug-likeness (QED) is 0.504. The second-order valence-electron chi connectivity index (χ2n) is 5.85. The summed E-state index contributed by atoms with van der Waals surface area (Å²) in [4.78, 5) is 17.8. The van der Waals surface area contributed by atoms with Gasteiger partial charge in [-0.05, 0) is 48.0 Å². The van der Waals surface area contributed by atoms with Gasteiger partial charge in [-0.25, -0.2) is 4.98 Å². The fraction of sp³-hybridized carbons (Fsp3) is 0. The highest BCUT2D eigenvalue weighted by Gasteiger charge is 2.10. The highest BCUT2D eigenvalue weighted by Crippen LogP contribution is 2.16. The van der Waals surface area contributed by atoms with E-state index in [0.717, 1.165) is 11.3 Å². The van der Waals surface area contributed by atoms with Gasteiger partial charge in [0.1, 0.15) is 5.82 Å². The van der Waals surface area contributed by atoms with E-state index >= 15 is 0 Å². The molecule has 0 spiro atoms. The molecule has 0 saturated heterocycles. The van der Waals surface area contributed by atoms with Crippen molar-refractivity contribution in [3.8, 4) is 5.69 Å². The van der Waals surface area contributed by atoms with Gasteiger partial charge in [0.15, 0.2) is 0 Å². The molecule has 0 N–H and O–H groups in total. The highest BCUT2D eigenvalue weighted by molar-refractivity contribution is 6.30. The van der Waals surface area contributed by atoms with Crippen LogP contribution in [0.25, 0.3) is 28.7 Å². The molecule has 0 unspecified atom stereocenters. The van der Waals surface area contributed by atoms with E-state index in [0.29, 0.717) is 21.7 Å². The molecule has 0 aliphatic carbocycles. The molecule has 0 saturated carbocycles. The minimum atomic E-state index is -0.0856. The second kappa shape index (κ2) is 6.98. The standard InChI is InChI=1S/C22H15ClN2O/c23-17-13-10-16(11-14-17)12-15-21-24-20-9-5-4-8-19(20)22(26)25(21)18-6-2-1-3-7-18/h1-15H. The smallest absolute Gasteiger partial charge is 0.266 e. The van der Waals surface area contributed by atoms with Crippen LogP contribution >= 0.6 is 11.6 Å². The molecule has 126 valence electrons. The highest BCUT2D eigenvalue weighted by atomic mass is 35.5. The van der Waals surface area contributed by atoms with Crippen LogP contribution in [0.5, 0.6) is 0 Å². The lowest BCUT2D eigenvalue weighted by atomic mass is 10.2. The fourth-order valence-corrected chi connectivity index (χ4v) is 2.96. The van der Waals surface area contributed by atoms with Gasteiger partial charge < -0.3 is 0 Å². The van der Waals surface area contributed by atoms with E-state index < -0.39 is 0 Å². The molecule has 0 amide bonds. The van der Waals surface area contributed by atoms with E-state index in [1.165, 1.54) is 0 Å². The maximum atomic E-state index is 13.1. The third kappa shape index (κ3) is 3.17. The molecule has 0 bridgehead atoms. The zero-order valence-corrected chi connectivity index (χ0v) is 14.6. The lowest BCUT2D eigenvalue weighted by Gasteiger charge is -2.11. The topological polar surface area (TPSA) is 34.9 Å². The van der Waals surface area contributed by atoms with Gasteiger partial charge in [0.25, 0.3) is 5.56 Å². The zero-order chi connectivity index (χ0) is 17.9. The summed E-state index contributed by atoms with van der Waals surface area (Å²) in [7, 11) is 0. The number of rotatable bonds is 3. The molecule has 0 atom stereocenters. The predicted molar refractivity (Wildman–Crippen MR) is 108 cm³/mol. The van der Waals surface area contributed by atoms with Crippen molar-refractivity contribution in [1.82, 2.24) is 9.55 Å². The van der Waals surface area contributed by atoms with Crippen molar-refractivity contribution in [2.24, 2.45) is 0 Å². The summed E-state index contributed by atoms with van der Waals surface area (Å²) in [6, 6.07) is 24.4. The Balaban J connectivity index is 1.92. The summed E-state index contributed by atoms with van der Waals surface area (Å²) >= 11 is 5.94. The molecule has 0 aliphatic rings. The molecule has 4 heteroatoms. The number of aromatic nitrogens is 2. The normalized spacial score (nSPS) is 11.3. The largest absolute Gasteiger partial charge is 0.268 e. The van der Waals surface area contributed by atoms with Crippen LogP contribution in [-0.4, -0.2) is 9.55 Å². The summed E-state index contributed by atoms with van der Waals surface area (Å²) in [6.07, 6.45) is 3.77. The van der Waals surface area contributed by atoms with Gasteiger partial charge in [-0.1, -0.05) is 60.1 Å². The Morgan fingerprint density at radius 2 is 1.50 bits per heavy atom. The number of fused-ring (bicyclic) bond motifs is 1. The zero-order valence-electron chi connectivity index (χ0n) is 13.8. The molecule has 4 rings (SSSR count). The molecule has 0 fully saturated rings. The van der Waals surface area contributed by atoms with Gasteiger partial charge in [0, 0.05) is 5.02 Å². The fourth-order valence-electron chi connectivity index (χ4n) is 2.83. The van der Waals surface area contributed by atoms with Crippen LogP contribution in [-0.2, 0) is 0 Å². The molecular formula is C22H15ClN2O. The Morgan fingerprint density at radius 1 is 0.808 bits per heavy atom. The number of hydrogen-bond acceptors (Lipinski definition) is 2. The Hall–Kier alpha value is -3.17. The average Bonchev–Trinajstić information content (AvgIpc) is 2.68. The maximum absolute atomic E-state index is 13.1. The summed E-state index contributed by atoms with van der Waals surface area (Å²) in [6.45, 7) is 0. The number of hydrogen-bond donors (Lipinski definition) is 0. The van der Waals surface area contributed by atoms with E-state index in [9.17, 15) is 4.79 Å². The van der Waals surface area contributed by atoms with E-state index in [-0.39, 0.29) is 5.56 Å². The first-order valence-electron chi connectivity index (χ1n) is 8.23. The SMILES string of the molecule is O=c1c2ccccc2nc(C=Cc2ccc(Cl)cc2)n1-c1ccccc1. The van der Waals surface area contributed by atoms with Gasteiger partial charge in [0.2, 0.25) is 0 Å². The van der Waals surface area contributed by atoms with Crippen molar-refractivity contribution in [1.29, 1.82) is 0 Å². The van der Waals surface area contributed by atoms with E-state index in [4.69, 9.17) is 16.6 Å².